The summed E-state index contributed by atoms with van der Waals surface area (Å²) in [6, 6.07) is 3.78. The summed E-state index contributed by atoms with van der Waals surface area (Å²) in [5.74, 6) is -0.309. The summed E-state index contributed by atoms with van der Waals surface area (Å²) >= 11 is 6.14. The Kier molecular flexibility index (Phi) is 7.89. The predicted octanol–water partition coefficient (Wildman–Crippen LogP) is 1.33. The summed E-state index contributed by atoms with van der Waals surface area (Å²) in [7, 11) is 2.67. The van der Waals surface area contributed by atoms with Crippen molar-refractivity contribution in [2.75, 3.05) is 26.1 Å². The summed E-state index contributed by atoms with van der Waals surface area (Å²) in [4.78, 5) is 39.2. The van der Waals surface area contributed by atoms with Crippen LogP contribution in [0, 0.1) is 0 Å². The number of ether oxygens (including phenoxy) is 3. The lowest BCUT2D eigenvalue weighted by molar-refractivity contribution is -0.143. The molecule has 0 unspecified atom stereocenters. The standard InChI is InChI=1S/C21H22ClN9O6/c1-24-20(34)17-14(29-30-23)16(33)21(37-17)31-9-28-15-18(26-8-27-19(15)31)25-6-10-5-11(22)3-4-12(10)36-7-13(32)35-2/h3-5,8-9,14,16-17,21,33H,6-7H2,1-2H3,(H,24,34)(H,25,26,27)/t14-,16+,17-,21+/m0/s1. The van der Waals surface area contributed by atoms with Crippen molar-refractivity contribution < 1.29 is 28.9 Å². The monoisotopic (exact) mass is 531 g/mol. The van der Waals surface area contributed by atoms with Gasteiger partial charge in [-0.1, -0.05) is 16.7 Å². The van der Waals surface area contributed by atoms with E-state index in [9.17, 15) is 14.7 Å². The third-order valence-electron chi connectivity index (χ3n) is 5.60. The van der Waals surface area contributed by atoms with E-state index in [0.717, 1.165) is 0 Å². The SMILES string of the molecule is CNC(=O)[C@H]1O[C@@H](n2cnc3c(NCc4cc(Cl)ccc4OCC(=O)OC)ncnc32)[C@H](O)[C@@H]1N=[N+]=[N-]. The fourth-order valence-corrected chi connectivity index (χ4v) is 4.00. The number of halogens is 1. The first kappa shape index (κ1) is 25.9. The van der Waals surface area contributed by atoms with Crippen molar-refractivity contribution in [1.82, 2.24) is 24.8 Å². The van der Waals surface area contributed by atoms with Crippen molar-refractivity contribution in [1.29, 1.82) is 0 Å². The molecule has 37 heavy (non-hydrogen) atoms. The molecule has 3 heterocycles. The van der Waals surface area contributed by atoms with Crippen LogP contribution in [-0.2, 0) is 25.6 Å². The van der Waals surface area contributed by atoms with E-state index in [-0.39, 0.29) is 13.2 Å². The Labute approximate surface area is 214 Å². The van der Waals surface area contributed by atoms with Crippen LogP contribution in [0.4, 0.5) is 5.82 Å². The molecule has 3 N–H and O–H groups in total. The van der Waals surface area contributed by atoms with Gasteiger partial charge in [0.2, 0.25) is 5.91 Å². The largest absolute Gasteiger partial charge is 0.482 e. The van der Waals surface area contributed by atoms with Gasteiger partial charge in [0, 0.05) is 29.1 Å². The van der Waals surface area contributed by atoms with Crippen molar-refractivity contribution in [3.05, 3.63) is 51.9 Å². The fraction of sp³-hybridized carbons (Fsp3) is 0.381. The highest BCUT2D eigenvalue weighted by atomic mass is 35.5. The van der Waals surface area contributed by atoms with E-state index >= 15 is 0 Å². The second-order valence-electron chi connectivity index (χ2n) is 7.76. The summed E-state index contributed by atoms with van der Waals surface area (Å²) in [6.07, 6.45) is -0.983. The highest BCUT2D eigenvalue weighted by molar-refractivity contribution is 6.30. The Morgan fingerprint density at radius 1 is 1.35 bits per heavy atom. The molecule has 1 aromatic carbocycles. The molecule has 1 aliphatic heterocycles. The number of rotatable bonds is 9. The minimum atomic E-state index is -1.34. The Hall–Kier alpha value is -4.17. The maximum Gasteiger partial charge on any atom is 0.343 e. The number of likely N-dealkylation sites (N-methyl/N-ethyl adjacent to an activating group) is 1. The zero-order valence-electron chi connectivity index (χ0n) is 19.6. The molecular weight excluding hydrogens is 510 g/mol. The maximum atomic E-state index is 12.2. The Bertz CT molecular complexity index is 1360. The number of aliphatic hydroxyl groups is 1. The molecule has 0 bridgehead atoms. The van der Waals surface area contributed by atoms with Gasteiger partial charge in [0.15, 0.2) is 29.8 Å². The molecule has 1 aliphatic rings. The number of esters is 1. The molecule has 1 amide bonds. The van der Waals surface area contributed by atoms with Gasteiger partial charge in [0.1, 0.15) is 30.3 Å². The Morgan fingerprint density at radius 2 is 2.16 bits per heavy atom. The lowest BCUT2D eigenvalue weighted by atomic mass is 10.1. The van der Waals surface area contributed by atoms with Crippen LogP contribution in [-0.4, -0.2) is 75.5 Å². The number of imidazole rings is 1. The molecule has 4 rings (SSSR count). The molecule has 0 spiro atoms. The maximum absolute atomic E-state index is 12.2. The minimum absolute atomic E-state index is 0.205. The van der Waals surface area contributed by atoms with Gasteiger partial charge in [-0.2, -0.15) is 0 Å². The molecule has 4 atom stereocenters. The third kappa shape index (κ3) is 5.34. The first-order valence-corrected chi connectivity index (χ1v) is 11.2. The van der Waals surface area contributed by atoms with Gasteiger partial charge in [-0.25, -0.2) is 19.7 Å². The minimum Gasteiger partial charge on any atom is -0.482 e. The first-order valence-electron chi connectivity index (χ1n) is 10.9. The van der Waals surface area contributed by atoms with Gasteiger partial charge in [-0.3, -0.25) is 9.36 Å². The summed E-state index contributed by atoms with van der Waals surface area (Å²) in [6.45, 7) is -0.0683. The zero-order valence-corrected chi connectivity index (χ0v) is 20.4. The van der Waals surface area contributed by atoms with E-state index in [0.29, 0.717) is 33.3 Å². The molecule has 1 fully saturated rings. The number of anilines is 1. The van der Waals surface area contributed by atoms with Crippen LogP contribution >= 0.6 is 11.6 Å². The highest BCUT2D eigenvalue weighted by Gasteiger charge is 2.48. The van der Waals surface area contributed by atoms with Crippen LogP contribution in [0.1, 0.15) is 11.8 Å². The van der Waals surface area contributed by atoms with Gasteiger partial charge < -0.3 is 30.0 Å². The van der Waals surface area contributed by atoms with Gasteiger partial charge in [0.05, 0.1) is 13.4 Å². The highest BCUT2D eigenvalue weighted by Crippen LogP contribution is 2.34. The quantitative estimate of drug-likeness (QED) is 0.156. The number of aliphatic hydroxyl groups excluding tert-OH is 1. The molecule has 1 saturated heterocycles. The molecule has 194 valence electrons. The summed E-state index contributed by atoms with van der Waals surface area (Å²) in [5, 5.41) is 20.3. The van der Waals surface area contributed by atoms with Gasteiger partial charge >= 0.3 is 5.97 Å². The molecule has 0 aliphatic carbocycles. The number of hydrogen-bond acceptors (Lipinski definition) is 11. The molecule has 0 radical (unpaired) electrons. The second-order valence-corrected chi connectivity index (χ2v) is 8.20. The first-order chi connectivity index (χ1) is 17.9. The van der Waals surface area contributed by atoms with Crippen LogP contribution in [0.5, 0.6) is 5.75 Å². The summed E-state index contributed by atoms with van der Waals surface area (Å²) in [5.41, 5.74) is 10.2. The molecular formula is C21H22ClN9O6. The van der Waals surface area contributed by atoms with E-state index < -0.39 is 36.4 Å². The Balaban J connectivity index is 1.58. The second kappa shape index (κ2) is 11.3. The zero-order chi connectivity index (χ0) is 26.5. The van der Waals surface area contributed by atoms with Gasteiger partial charge in [0.25, 0.3) is 0 Å². The normalized spacial score (nSPS) is 20.8. The number of methoxy groups -OCH3 is 1. The van der Waals surface area contributed by atoms with Gasteiger partial charge in [-0.15, -0.1) is 0 Å². The number of benzene rings is 1. The number of aromatic nitrogens is 4. The smallest absolute Gasteiger partial charge is 0.343 e. The molecule has 15 nitrogen and oxygen atoms in total. The van der Waals surface area contributed by atoms with Crippen molar-refractivity contribution in [3.63, 3.8) is 0 Å². The van der Waals surface area contributed by atoms with Crippen molar-refractivity contribution >= 4 is 40.5 Å². The van der Waals surface area contributed by atoms with Crippen LogP contribution in [0.3, 0.4) is 0 Å². The van der Waals surface area contributed by atoms with Crippen molar-refractivity contribution in [2.45, 2.75) is 31.0 Å². The van der Waals surface area contributed by atoms with Gasteiger partial charge in [-0.05, 0) is 23.7 Å². The number of carbonyl (C=O) groups excluding carboxylic acids is 2. The average molecular weight is 532 g/mol. The lowest BCUT2D eigenvalue weighted by Crippen LogP contribution is -2.40. The van der Waals surface area contributed by atoms with E-state index in [1.807, 2.05) is 0 Å². The number of fused-ring (bicyclic) bond motifs is 1. The number of hydrogen-bond donors (Lipinski definition) is 3. The summed E-state index contributed by atoms with van der Waals surface area (Å²) < 4.78 is 17.3. The van der Waals surface area contributed by atoms with E-state index in [2.05, 4.69) is 40.3 Å². The fourth-order valence-electron chi connectivity index (χ4n) is 3.81. The predicted molar refractivity (Wildman–Crippen MR) is 129 cm³/mol. The number of nitrogens with one attached hydrogen (secondary N) is 2. The van der Waals surface area contributed by atoms with Crippen molar-refractivity contribution in [3.8, 4) is 5.75 Å². The number of azide groups is 1. The Morgan fingerprint density at radius 3 is 2.89 bits per heavy atom. The van der Waals surface area contributed by atoms with Crippen LogP contribution < -0.4 is 15.4 Å². The van der Waals surface area contributed by atoms with E-state index in [1.165, 1.54) is 31.4 Å². The number of amides is 1. The molecule has 16 heteroatoms. The van der Waals surface area contributed by atoms with E-state index in [4.69, 9.17) is 26.6 Å². The van der Waals surface area contributed by atoms with E-state index in [1.54, 1.807) is 18.2 Å². The molecule has 2 aromatic heterocycles. The lowest BCUT2D eigenvalue weighted by Gasteiger charge is -2.17. The molecule has 0 saturated carbocycles. The van der Waals surface area contributed by atoms with Crippen LogP contribution in [0.2, 0.25) is 5.02 Å². The van der Waals surface area contributed by atoms with Crippen LogP contribution in [0.15, 0.2) is 36.0 Å². The number of nitrogens with zero attached hydrogens (tertiary/aromatic N) is 7. The topological polar surface area (TPSA) is 198 Å². The van der Waals surface area contributed by atoms with Crippen molar-refractivity contribution in [2.24, 2.45) is 5.11 Å². The average Bonchev–Trinajstić information content (AvgIpc) is 3.47. The van der Waals surface area contributed by atoms with Crippen LogP contribution in [0.25, 0.3) is 21.6 Å². The molecule has 3 aromatic rings. The third-order valence-corrected chi connectivity index (χ3v) is 5.84. The number of carbonyl (C=O) groups is 2.